The lowest BCUT2D eigenvalue weighted by molar-refractivity contribution is -0.123. The minimum Gasteiger partial charge on any atom is -0.376 e. The number of hydrogen-bond acceptors (Lipinski definition) is 8. The van der Waals surface area contributed by atoms with Gasteiger partial charge in [0.2, 0.25) is 0 Å². The fourth-order valence-electron chi connectivity index (χ4n) is 4.01. The number of fused-ring (bicyclic) bond motifs is 1. The van der Waals surface area contributed by atoms with Crippen LogP contribution >= 0.6 is 35.7 Å². The highest BCUT2D eigenvalue weighted by Gasteiger charge is 2.35. The number of thioether (sulfide) groups is 2. The van der Waals surface area contributed by atoms with Gasteiger partial charge in [-0.25, -0.2) is 4.98 Å². The van der Waals surface area contributed by atoms with Crippen LogP contribution in [0.4, 0.5) is 5.82 Å². The number of amides is 1. The summed E-state index contributed by atoms with van der Waals surface area (Å²) in [7, 11) is 0. The van der Waals surface area contributed by atoms with Gasteiger partial charge < -0.3 is 9.64 Å². The van der Waals surface area contributed by atoms with E-state index in [4.69, 9.17) is 21.9 Å². The van der Waals surface area contributed by atoms with E-state index in [0.717, 1.165) is 44.0 Å². The van der Waals surface area contributed by atoms with E-state index < -0.39 is 0 Å². The van der Waals surface area contributed by atoms with Crippen LogP contribution < -0.4 is 10.5 Å². The molecule has 0 radical (unpaired) electrons. The fourth-order valence-corrected chi connectivity index (χ4v) is 6.17. The van der Waals surface area contributed by atoms with Gasteiger partial charge in [0.05, 0.1) is 23.1 Å². The largest absolute Gasteiger partial charge is 0.376 e. The number of hydrogen-bond donors (Lipinski definition) is 0. The molecule has 5 rings (SSSR count). The Labute approximate surface area is 193 Å². The third-order valence-electron chi connectivity index (χ3n) is 5.62. The molecule has 0 spiro atoms. The fraction of sp³-hybridized carbons (Fsp3) is 0.429. The third kappa shape index (κ3) is 4.13. The van der Waals surface area contributed by atoms with Crippen molar-refractivity contribution in [2.45, 2.75) is 18.9 Å². The van der Waals surface area contributed by atoms with E-state index in [9.17, 15) is 9.59 Å². The van der Waals surface area contributed by atoms with E-state index in [0.29, 0.717) is 32.8 Å². The molecule has 162 valence electrons. The first-order valence-electron chi connectivity index (χ1n) is 10.3. The summed E-state index contributed by atoms with van der Waals surface area (Å²) in [6, 6.07) is 5.50. The molecule has 0 N–H and O–H groups in total. The Morgan fingerprint density at radius 2 is 2.10 bits per heavy atom. The Kier molecular flexibility index (Phi) is 6.05. The zero-order valence-corrected chi connectivity index (χ0v) is 19.3. The number of anilines is 1. The zero-order valence-electron chi connectivity index (χ0n) is 16.9. The highest BCUT2D eigenvalue weighted by atomic mass is 32.2. The van der Waals surface area contributed by atoms with Gasteiger partial charge in [-0.3, -0.25) is 18.9 Å². The van der Waals surface area contributed by atoms with Gasteiger partial charge in [-0.15, -0.1) is 0 Å². The lowest BCUT2D eigenvalue weighted by Crippen LogP contribution is -2.36. The summed E-state index contributed by atoms with van der Waals surface area (Å²) in [5.74, 6) is 2.45. The summed E-state index contributed by atoms with van der Waals surface area (Å²) >= 11 is 8.61. The Bertz CT molecular complexity index is 1120. The normalized spacial score (nSPS) is 23.5. The molecule has 0 saturated carbocycles. The number of nitrogens with zero attached hydrogens (tertiary/aromatic N) is 4. The molecular formula is C21H22N4O3S3. The van der Waals surface area contributed by atoms with Crippen LogP contribution in [0.15, 0.2) is 34.1 Å². The Morgan fingerprint density at radius 1 is 1.26 bits per heavy atom. The van der Waals surface area contributed by atoms with E-state index >= 15 is 0 Å². The SMILES string of the molecule is O=C1/C(=C\c2c(N3CCSCC3)nc3ccccn3c2=O)SC(=S)N1CC1CCCO1. The number of carbonyl (C=O) groups is 1. The minimum atomic E-state index is -0.178. The Balaban J connectivity index is 1.55. The molecule has 1 amide bonds. The molecule has 2 aromatic heterocycles. The van der Waals surface area contributed by atoms with Gasteiger partial charge in [-0.1, -0.05) is 30.0 Å². The summed E-state index contributed by atoms with van der Waals surface area (Å²) in [5.41, 5.74) is 0.861. The third-order valence-corrected chi connectivity index (χ3v) is 7.94. The van der Waals surface area contributed by atoms with Crippen molar-refractivity contribution in [1.29, 1.82) is 0 Å². The van der Waals surface area contributed by atoms with Crippen molar-refractivity contribution in [2.24, 2.45) is 0 Å². The number of aromatic nitrogens is 2. The highest BCUT2D eigenvalue weighted by Crippen LogP contribution is 2.34. The van der Waals surface area contributed by atoms with Crippen LogP contribution in [0, 0.1) is 0 Å². The number of rotatable bonds is 4. The Hall–Kier alpha value is -1.88. The van der Waals surface area contributed by atoms with E-state index in [1.165, 1.54) is 16.2 Å². The predicted molar refractivity (Wildman–Crippen MR) is 130 cm³/mol. The van der Waals surface area contributed by atoms with Gasteiger partial charge in [0, 0.05) is 37.4 Å². The van der Waals surface area contributed by atoms with Crippen LogP contribution in [0.3, 0.4) is 0 Å². The first kappa shape index (κ1) is 21.0. The van der Waals surface area contributed by atoms with Crippen LogP contribution in [-0.4, -0.2) is 68.4 Å². The molecule has 2 aromatic rings. The molecule has 0 aromatic carbocycles. The van der Waals surface area contributed by atoms with Crippen LogP contribution in [0.1, 0.15) is 18.4 Å². The average Bonchev–Trinajstić information content (AvgIpc) is 3.40. The first-order chi connectivity index (χ1) is 15.1. The predicted octanol–water partition coefficient (Wildman–Crippen LogP) is 2.63. The molecule has 0 aliphatic carbocycles. The molecule has 1 unspecified atom stereocenters. The van der Waals surface area contributed by atoms with Crippen LogP contribution in [0.25, 0.3) is 11.7 Å². The topological polar surface area (TPSA) is 67.2 Å². The quantitative estimate of drug-likeness (QED) is 0.495. The van der Waals surface area contributed by atoms with E-state index in [1.807, 2.05) is 23.9 Å². The zero-order chi connectivity index (χ0) is 21.4. The van der Waals surface area contributed by atoms with E-state index in [2.05, 4.69) is 4.90 Å². The van der Waals surface area contributed by atoms with Crippen molar-refractivity contribution in [1.82, 2.24) is 14.3 Å². The van der Waals surface area contributed by atoms with Gasteiger partial charge in [-0.2, -0.15) is 11.8 Å². The highest BCUT2D eigenvalue weighted by molar-refractivity contribution is 8.26. The average molecular weight is 475 g/mol. The van der Waals surface area contributed by atoms with E-state index in [-0.39, 0.29) is 17.6 Å². The van der Waals surface area contributed by atoms with Gasteiger partial charge in [-0.05, 0) is 31.1 Å². The minimum absolute atomic E-state index is 0.0243. The molecule has 10 heteroatoms. The first-order valence-corrected chi connectivity index (χ1v) is 12.7. The smallest absolute Gasteiger partial charge is 0.267 e. The monoisotopic (exact) mass is 474 g/mol. The maximum absolute atomic E-state index is 13.4. The van der Waals surface area contributed by atoms with Gasteiger partial charge in [0.1, 0.15) is 15.8 Å². The molecule has 5 heterocycles. The second-order valence-electron chi connectivity index (χ2n) is 7.61. The summed E-state index contributed by atoms with van der Waals surface area (Å²) in [6.45, 7) is 2.83. The Morgan fingerprint density at radius 3 is 2.87 bits per heavy atom. The van der Waals surface area contributed by atoms with Crippen LogP contribution in [0.5, 0.6) is 0 Å². The van der Waals surface area contributed by atoms with Crippen molar-refractivity contribution in [3.63, 3.8) is 0 Å². The summed E-state index contributed by atoms with van der Waals surface area (Å²) in [5, 5.41) is 0. The summed E-state index contributed by atoms with van der Waals surface area (Å²) < 4.78 is 7.72. The van der Waals surface area contributed by atoms with Crippen molar-refractivity contribution in [3.8, 4) is 0 Å². The van der Waals surface area contributed by atoms with Crippen molar-refractivity contribution >= 4 is 63.5 Å². The van der Waals surface area contributed by atoms with E-state index in [1.54, 1.807) is 23.2 Å². The maximum atomic E-state index is 13.4. The van der Waals surface area contributed by atoms with Crippen LogP contribution in [0.2, 0.25) is 0 Å². The molecule has 7 nitrogen and oxygen atoms in total. The second kappa shape index (κ2) is 8.93. The lowest BCUT2D eigenvalue weighted by atomic mass is 10.2. The molecule has 3 aliphatic rings. The molecule has 3 fully saturated rings. The van der Waals surface area contributed by atoms with Crippen molar-refractivity contribution in [3.05, 3.63) is 45.2 Å². The summed E-state index contributed by atoms with van der Waals surface area (Å²) in [6.07, 6.45) is 5.35. The molecule has 1 atom stereocenters. The number of ether oxygens (including phenoxy) is 1. The van der Waals surface area contributed by atoms with Gasteiger partial charge in [0.15, 0.2) is 0 Å². The number of pyridine rings is 1. The lowest BCUT2D eigenvalue weighted by Gasteiger charge is -2.28. The van der Waals surface area contributed by atoms with Gasteiger partial charge in [0.25, 0.3) is 11.5 Å². The second-order valence-corrected chi connectivity index (χ2v) is 10.5. The standard InChI is InChI=1S/C21H22N4O3S3/c26-19-15(12-16-20(27)25(21(29)31-16)13-14-4-3-9-28-14)18(23-7-10-30-11-8-23)22-17-5-1-2-6-24(17)19/h1-2,5-6,12,14H,3-4,7-11,13H2/b16-12+. The molecule has 3 aliphatic heterocycles. The summed E-state index contributed by atoms with van der Waals surface area (Å²) in [4.78, 5) is 35.5. The molecule has 31 heavy (non-hydrogen) atoms. The number of thiocarbonyl (C=S) groups is 1. The van der Waals surface area contributed by atoms with Crippen LogP contribution in [-0.2, 0) is 9.53 Å². The maximum Gasteiger partial charge on any atom is 0.267 e. The molecular weight excluding hydrogens is 452 g/mol. The number of carbonyl (C=O) groups excluding carboxylic acids is 1. The van der Waals surface area contributed by atoms with Crippen molar-refractivity contribution < 1.29 is 9.53 Å². The molecule has 0 bridgehead atoms. The molecule has 3 saturated heterocycles. The van der Waals surface area contributed by atoms with Gasteiger partial charge >= 0.3 is 0 Å². The van der Waals surface area contributed by atoms with Crippen molar-refractivity contribution in [2.75, 3.05) is 42.6 Å².